The predicted molar refractivity (Wildman–Crippen MR) is 152 cm³/mol. The molecule has 0 aliphatic carbocycles. The summed E-state index contributed by atoms with van der Waals surface area (Å²) in [5.74, 6) is -0.888. The Morgan fingerprint density at radius 3 is 2.21 bits per heavy atom. The Morgan fingerprint density at radius 2 is 1.61 bits per heavy atom. The van der Waals surface area contributed by atoms with E-state index in [1.54, 1.807) is 56.3 Å². The molecule has 1 unspecified atom stereocenters. The first-order valence-corrected chi connectivity index (χ1v) is 14.3. The van der Waals surface area contributed by atoms with Crippen molar-refractivity contribution >= 4 is 50.7 Å². The molecule has 0 fully saturated rings. The highest BCUT2D eigenvalue weighted by Crippen LogP contribution is 2.27. The molecule has 0 aliphatic heterocycles. The smallest absolute Gasteiger partial charge is 0.264 e. The lowest BCUT2D eigenvalue weighted by atomic mass is 10.1. The topological polar surface area (TPSA) is 86.8 Å². The van der Waals surface area contributed by atoms with E-state index in [4.69, 9.17) is 23.2 Å². The Morgan fingerprint density at radius 1 is 0.921 bits per heavy atom. The number of sulfonamides is 1. The third-order valence-electron chi connectivity index (χ3n) is 6.22. The van der Waals surface area contributed by atoms with Gasteiger partial charge in [0.1, 0.15) is 12.6 Å². The van der Waals surface area contributed by atoms with Gasteiger partial charge in [-0.25, -0.2) is 8.42 Å². The number of hydrogen-bond acceptors (Lipinski definition) is 4. The maximum absolute atomic E-state index is 13.8. The van der Waals surface area contributed by atoms with E-state index in [1.165, 1.54) is 29.2 Å². The second-order valence-corrected chi connectivity index (χ2v) is 11.7. The van der Waals surface area contributed by atoms with Gasteiger partial charge < -0.3 is 10.2 Å². The molecule has 1 atom stereocenters. The van der Waals surface area contributed by atoms with Crippen molar-refractivity contribution < 1.29 is 18.0 Å². The monoisotopic (exact) mass is 575 g/mol. The summed E-state index contributed by atoms with van der Waals surface area (Å²) >= 11 is 12.1. The standard InChI is InChI=1S/C28H31Cl2N3O4S/c1-5-31-28(35)21(4)32(17-22-7-6-8-24(30)16-22)27(34)18-33(25-12-9-19(2)20(3)15-25)38(36,37)26-13-10-23(29)11-14-26/h6-16,21H,5,17-18H2,1-4H3,(H,31,35). The van der Waals surface area contributed by atoms with E-state index in [0.717, 1.165) is 15.4 Å². The van der Waals surface area contributed by atoms with Crippen LogP contribution in [0.25, 0.3) is 0 Å². The Hall–Kier alpha value is -3.07. The van der Waals surface area contributed by atoms with Crippen molar-refractivity contribution in [3.63, 3.8) is 0 Å². The van der Waals surface area contributed by atoms with Crippen LogP contribution in [0, 0.1) is 13.8 Å². The van der Waals surface area contributed by atoms with E-state index in [0.29, 0.717) is 27.8 Å². The first-order valence-electron chi connectivity index (χ1n) is 12.1. The molecule has 0 saturated carbocycles. The Bertz CT molecular complexity index is 1410. The zero-order chi connectivity index (χ0) is 28.0. The number of nitrogens with one attached hydrogen (secondary N) is 1. The molecular formula is C28H31Cl2N3O4S. The number of carbonyl (C=O) groups excluding carboxylic acids is 2. The lowest BCUT2D eigenvalue weighted by molar-refractivity contribution is -0.139. The Kier molecular flexibility index (Phi) is 9.82. The lowest BCUT2D eigenvalue weighted by Gasteiger charge is -2.32. The van der Waals surface area contributed by atoms with Gasteiger partial charge in [-0.3, -0.25) is 13.9 Å². The van der Waals surface area contributed by atoms with Gasteiger partial charge in [-0.2, -0.15) is 0 Å². The van der Waals surface area contributed by atoms with Crippen LogP contribution in [0.5, 0.6) is 0 Å². The van der Waals surface area contributed by atoms with Crippen molar-refractivity contribution in [3.05, 3.63) is 93.5 Å². The van der Waals surface area contributed by atoms with Gasteiger partial charge in [0.05, 0.1) is 10.6 Å². The lowest BCUT2D eigenvalue weighted by Crippen LogP contribution is -2.51. The van der Waals surface area contributed by atoms with Crippen LogP contribution in [-0.2, 0) is 26.2 Å². The summed E-state index contributed by atoms with van der Waals surface area (Å²) in [7, 11) is -4.16. The highest BCUT2D eigenvalue weighted by atomic mass is 35.5. The second kappa shape index (κ2) is 12.7. The summed E-state index contributed by atoms with van der Waals surface area (Å²) in [5, 5.41) is 3.61. The fourth-order valence-electron chi connectivity index (χ4n) is 3.88. The number of likely N-dealkylation sites (N-methyl/N-ethyl adjacent to an activating group) is 1. The maximum Gasteiger partial charge on any atom is 0.264 e. The zero-order valence-corrected chi connectivity index (χ0v) is 24.1. The first-order chi connectivity index (χ1) is 17.9. The third kappa shape index (κ3) is 7.07. The van der Waals surface area contributed by atoms with E-state index in [-0.39, 0.29) is 17.3 Å². The third-order valence-corrected chi connectivity index (χ3v) is 8.49. The molecule has 0 bridgehead atoms. The van der Waals surface area contributed by atoms with Gasteiger partial charge >= 0.3 is 0 Å². The normalized spacial score (nSPS) is 12.1. The van der Waals surface area contributed by atoms with Crippen LogP contribution >= 0.6 is 23.2 Å². The molecule has 0 aromatic heterocycles. The number of aryl methyl sites for hydroxylation is 2. The molecule has 202 valence electrons. The van der Waals surface area contributed by atoms with Crippen LogP contribution in [0.2, 0.25) is 10.0 Å². The minimum atomic E-state index is -4.16. The van der Waals surface area contributed by atoms with E-state index in [9.17, 15) is 18.0 Å². The van der Waals surface area contributed by atoms with E-state index >= 15 is 0 Å². The quantitative estimate of drug-likeness (QED) is 0.352. The predicted octanol–water partition coefficient (Wildman–Crippen LogP) is 5.36. The highest BCUT2D eigenvalue weighted by molar-refractivity contribution is 7.92. The summed E-state index contributed by atoms with van der Waals surface area (Å²) in [5.41, 5.74) is 2.90. The maximum atomic E-state index is 13.8. The molecule has 0 radical (unpaired) electrons. The summed E-state index contributed by atoms with van der Waals surface area (Å²) in [6.45, 7) is 7.13. The van der Waals surface area contributed by atoms with Crippen molar-refractivity contribution in [2.75, 3.05) is 17.4 Å². The number of hydrogen-bond donors (Lipinski definition) is 1. The van der Waals surface area contributed by atoms with Crippen LogP contribution < -0.4 is 9.62 Å². The van der Waals surface area contributed by atoms with Gasteiger partial charge in [0.25, 0.3) is 10.0 Å². The number of rotatable bonds is 10. The van der Waals surface area contributed by atoms with E-state index in [2.05, 4.69) is 5.32 Å². The first kappa shape index (κ1) is 29.5. The molecule has 0 aliphatic rings. The van der Waals surface area contributed by atoms with Crippen LogP contribution in [0.1, 0.15) is 30.5 Å². The van der Waals surface area contributed by atoms with Crippen molar-refractivity contribution in [2.45, 2.75) is 45.2 Å². The summed E-state index contributed by atoms with van der Waals surface area (Å²) in [6, 6.07) is 17.1. The Labute approximate surface area is 234 Å². The molecule has 3 aromatic carbocycles. The van der Waals surface area contributed by atoms with Gasteiger partial charge in [0.2, 0.25) is 11.8 Å². The molecule has 3 rings (SSSR count). The van der Waals surface area contributed by atoms with Gasteiger partial charge in [-0.1, -0.05) is 41.4 Å². The molecule has 1 N–H and O–H groups in total. The number of amides is 2. The Balaban J connectivity index is 2.06. The van der Waals surface area contributed by atoms with Crippen molar-refractivity contribution in [1.82, 2.24) is 10.2 Å². The summed E-state index contributed by atoms with van der Waals surface area (Å²) in [4.78, 5) is 27.9. The number of benzene rings is 3. The molecule has 10 heteroatoms. The molecular weight excluding hydrogens is 545 g/mol. The minimum Gasteiger partial charge on any atom is -0.355 e. The fraction of sp³-hybridized carbons (Fsp3) is 0.286. The second-order valence-electron chi connectivity index (χ2n) is 8.96. The number of carbonyl (C=O) groups is 2. The van der Waals surface area contributed by atoms with Gasteiger partial charge in [-0.05, 0) is 92.9 Å². The van der Waals surface area contributed by atoms with Gasteiger partial charge in [0, 0.05) is 23.1 Å². The van der Waals surface area contributed by atoms with Gasteiger partial charge in [0.15, 0.2) is 0 Å². The molecule has 3 aromatic rings. The van der Waals surface area contributed by atoms with Crippen LogP contribution in [0.15, 0.2) is 71.6 Å². The number of anilines is 1. The highest BCUT2D eigenvalue weighted by Gasteiger charge is 2.32. The molecule has 2 amide bonds. The average Bonchev–Trinajstić information content (AvgIpc) is 2.87. The zero-order valence-electron chi connectivity index (χ0n) is 21.7. The SMILES string of the molecule is CCNC(=O)C(C)N(Cc1cccc(Cl)c1)C(=O)CN(c1ccc(C)c(C)c1)S(=O)(=O)c1ccc(Cl)cc1. The van der Waals surface area contributed by atoms with E-state index in [1.807, 2.05) is 13.8 Å². The number of halogens is 2. The van der Waals surface area contributed by atoms with Crippen molar-refractivity contribution in [3.8, 4) is 0 Å². The van der Waals surface area contributed by atoms with Gasteiger partial charge in [-0.15, -0.1) is 0 Å². The summed E-state index contributed by atoms with van der Waals surface area (Å²) in [6.07, 6.45) is 0. The summed E-state index contributed by atoms with van der Waals surface area (Å²) < 4.78 is 28.7. The molecule has 38 heavy (non-hydrogen) atoms. The van der Waals surface area contributed by atoms with Crippen molar-refractivity contribution in [2.24, 2.45) is 0 Å². The average molecular weight is 577 g/mol. The minimum absolute atomic E-state index is 0.00825. The number of nitrogens with zero attached hydrogens (tertiary/aromatic N) is 2. The molecule has 0 heterocycles. The molecule has 0 saturated heterocycles. The molecule has 0 spiro atoms. The van der Waals surface area contributed by atoms with Crippen LogP contribution in [0.4, 0.5) is 5.69 Å². The largest absolute Gasteiger partial charge is 0.355 e. The fourth-order valence-corrected chi connectivity index (χ4v) is 5.62. The molecule has 7 nitrogen and oxygen atoms in total. The van der Waals surface area contributed by atoms with Crippen LogP contribution in [-0.4, -0.2) is 44.3 Å². The van der Waals surface area contributed by atoms with Crippen LogP contribution in [0.3, 0.4) is 0 Å². The van der Waals surface area contributed by atoms with E-state index < -0.39 is 28.5 Å². The van der Waals surface area contributed by atoms with Crippen molar-refractivity contribution in [1.29, 1.82) is 0 Å².